The average molecular weight is 376 g/mol. The molecule has 2 saturated carbocycles. The first-order chi connectivity index (χ1) is 12.6. The second-order valence-corrected chi connectivity index (χ2v) is 10.1. The summed E-state index contributed by atoms with van der Waals surface area (Å²) in [5.41, 5.74) is -1.29. The van der Waals surface area contributed by atoms with Crippen molar-refractivity contribution in [2.75, 3.05) is 6.61 Å². The fourth-order valence-corrected chi connectivity index (χ4v) is 6.94. The smallest absolute Gasteiger partial charge is 0.303 e. The Bertz CT molecular complexity index is 697. The molecule has 0 N–H and O–H groups in total. The van der Waals surface area contributed by atoms with Crippen molar-refractivity contribution in [1.29, 1.82) is 0 Å². The molecule has 0 bridgehead atoms. The maximum absolute atomic E-state index is 13.5. The highest BCUT2D eigenvalue weighted by atomic mass is 16.6. The molecule has 0 radical (unpaired) electrons. The molecule has 2 spiro atoms. The van der Waals surface area contributed by atoms with Crippen LogP contribution in [0.25, 0.3) is 0 Å². The lowest BCUT2D eigenvalue weighted by molar-refractivity contribution is -0.256. The molecule has 6 atom stereocenters. The third kappa shape index (κ3) is 2.46. The van der Waals surface area contributed by atoms with Crippen molar-refractivity contribution in [3.63, 3.8) is 0 Å². The van der Waals surface area contributed by atoms with Gasteiger partial charge in [0.05, 0.1) is 11.9 Å². The molecular weight excluding hydrogens is 344 g/mol. The number of Topliss-reactive ketones (excluding diaryl/α,β-unsaturated/α-hetero) is 1. The summed E-state index contributed by atoms with van der Waals surface area (Å²) in [6, 6.07) is 0. The van der Waals surface area contributed by atoms with Crippen LogP contribution >= 0.6 is 0 Å². The van der Waals surface area contributed by atoms with E-state index in [-0.39, 0.29) is 34.4 Å². The highest BCUT2D eigenvalue weighted by Gasteiger charge is 2.72. The molecule has 5 nitrogen and oxygen atoms in total. The number of fused-ring (bicyclic) bond motifs is 2. The first kappa shape index (κ1) is 19.0. The van der Waals surface area contributed by atoms with Gasteiger partial charge in [0, 0.05) is 24.2 Å². The van der Waals surface area contributed by atoms with Crippen LogP contribution < -0.4 is 0 Å². The molecule has 27 heavy (non-hydrogen) atoms. The van der Waals surface area contributed by atoms with Crippen LogP contribution in [0.4, 0.5) is 0 Å². The Hall–Kier alpha value is -1.36. The summed E-state index contributed by atoms with van der Waals surface area (Å²) in [5.74, 6) is -0.725. The zero-order valence-electron chi connectivity index (χ0n) is 17.2. The highest BCUT2D eigenvalue weighted by Crippen LogP contribution is 2.67. The number of ether oxygens (including phenoxy) is 3. The van der Waals surface area contributed by atoms with Gasteiger partial charge >= 0.3 is 5.97 Å². The monoisotopic (exact) mass is 376 g/mol. The quantitative estimate of drug-likeness (QED) is 0.652. The number of carbonyl (C=O) groups excluding carboxylic acids is 2. The van der Waals surface area contributed by atoms with Gasteiger partial charge in [0.15, 0.2) is 11.9 Å². The third-order valence-electron chi connectivity index (χ3n) is 8.12. The Morgan fingerprint density at radius 1 is 1.19 bits per heavy atom. The van der Waals surface area contributed by atoms with Gasteiger partial charge in [0.1, 0.15) is 12.2 Å². The third-order valence-corrected chi connectivity index (χ3v) is 8.12. The molecule has 0 aromatic rings. The Balaban J connectivity index is 1.83. The molecule has 4 rings (SSSR count). The van der Waals surface area contributed by atoms with Crippen LogP contribution in [0.5, 0.6) is 0 Å². The number of esters is 1. The van der Waals surface area contributed by atoms with E-state index in [9.17, 15) is 9.59 Å². The van der Waals surface area contributed by atoms with Gasteiger partial charge in [-0.2, -0.15) is 0 Å². The van der Waals surface area contributed by atoms with Crippen LogP contribution in [-0.2, 0) is 23.8 Å². The number of hydrogen-bond acceptors (Lipinski definition) is 5. The zero-order valence-corrected chi connectivity index (χ0v) is 17.2. The van der Waals surface area contributed by atoms with Gasteiger partial charge in [-0.3, -0.25) is 9.59 Å². The first-order valence-electron chi connectivity index (χ1n) is 10.3. The van der Waals surface area contributed by atoms with Crippen molar-refractivity contribution >= 4 is 11.8 Å². The van der Waals surface area contributed by atoms with E-state index in [0.29, 0.717) is 6.61 Å². The van der Waals surface area contributed by atoms with E-state index in [0.717, 1.165) is 32.1 Å². The second kappa shape index (κ2) is 5.82. The average Bonchev–Trinajstić information content (AvgIpc) is 3.19. The summed E-state index contributed by atoms with van der Waals surface area (Å²) in [5, 5.41) is 0. The van der Waals surface area contributed by atoms with Gasteiger partial charge in [-0.15, -0.1) is 0 Å². The summed E-state index contributed by atoms with van der Waals surface area (Å²) < 4.78 is 18.1. The van der Waals surface area contributed by atoms with Gasteiger partial charge in [0.25, 0.3) is 0 Å². The minimum absolute atomic E-state index is 0.0163. The van der Waals surface area contributed by atoms with Crippen molar-refractivity contribution in [2.24, 2.45) is 22.7 Å². The summed E-state index contributed by atoms with van der Waals surface area (Å²) >= 11 is 0. The van der Waals surface area contributed by atoms with Crippen LogP contribution in [0.2, 0.25) is 0 Å². The maximum atomic E-state index is 13.5. The first-order valence-corrected chi connectivity index (χ1v) is 10.3. The normalized spacial score (nSPS) is 47.9. The SMILES string of the molecule is CC(=O)O[C@@H]1C(=O)[C@H](C)[C@]2(CC[C@]3(C=COC3)O2)[C@@]2(C)CCCC(C)(C)[C@H]12. The van der Waals surface area contributed by atoms with E-state index in [4.69, 9.17) is 14.2 Å². The minimum Gasteiger partial charge on any atom is -0.498 e. The molecule has 2 aliphatic carbocycles. The van der Waals surface area contributed by atoms with Gasteiger partial charge in [-0.25, -0.2) is 0 Å². The molecule has 0 aromatic carbocycles. The van der Waals surface area contributed by atoms with Crippen LogP contribution in [0.3, 0.4) is 0 Å². The fourth-order valence-electron chi connectivity index (χ4n) is 6.94. The van der Waals surface area contributed by atoms with Crippen LogP contribution in [0, 0.1) is 22.7 Å². The van der Waals surface area contributed by atoms with E-state index in [1.165, 1.54) is 6.92 Å². The Morgan fingerprint density at radius 2 is 1.93 bits per heavy atom. The van der Waals surface area contributed by atoms with E-state index < -0.39 is 17.3 Å². The Labute approximate surface area is 161 Å². The van der Waals surface area contributed by atoms with Gasteiger partial charge in [-0.1, -0.05) is 34.1 Å². The molecule has 0 unspecified atom stereocenters. The lowest BCUT2D eigenvalue weighted by atomic mass is 9.43. The zero-order chi connectivity index (χ0) is 19.7. The van der Waals surface area contributed by atoms with E-state index in [1.54, 1.807) is 6.26 Å². The molecule has 1 saturated heterocycles. The summed E-state index contributed by atoms with van der Waals surface area (Å²) in [4.78, 5) is 25.3. The molecule has 5 heteroatoms. The van der Waals surface area contributed by atoms with Crippen molar-refractivity contribution in [2.45, 2.75) is 84.0 Å². The molecule has 2 heterocycles. The molecule has 4 aliphatic rings. The predicted molar refractivity (Wildman–Crippen MR) is 99.8 cm³/mol. The summed E-state index contributed by atoms with van der Waals surface area (Å²) in [7, 11) is 0. The number of hydrogen-bond donors (Lipinski definition) is 0. The molecule has 0 amide bonds. The van der Waals surface area contributed by atoms with Gasteiger partial charge in [-0.05, 0) is 37.2 Å². The van der Waals surface area contributed by atoms with Crippen LogP contribution in [0.15, 0.2) is 12.3 Å². The standard InChI is InChI=1S/C22H32O5/c1-14-16(24)17(26-15(2)23)18-19(3,4)7-6-8-20(18,5)22(14)10-9-21(27-22)11-12-25-13-21/h11-12,14,17-18H,6-10,13H2,1-5H3/t14-,17+,18-,20-,21+,22+/m0/s1. The van der Waals surface area contributed by atoms with Crippen LogP contribution in [0.1, 0.15) is 66.7 Å². The fraction of sp³-hybridized carbons (Fsp3) is 0.818. The topological polar surface area (TPSA) is 61.8 Å². The van der Waals surface area contributed by atoms with Gasteiger partial charge in [0.2, 0.25) is 0 Å². The minimum atomic E-state index is -0.682. The lowest BCUT2D eigenvalue weighted by Crippen LogP contribution is -2.70. The maximum Gasteiger partial charge on any atom is 0.303 e. The van der Waals surface area contributed by atoms with E-state index >= 15 is 0 Å². The number of rotatable bonds is 1. The summed E-state index contributed by atoms with van der Waals surface area (Å²) in [6.07, 6.45) is 7.86. The van der Waals surface area contributed by atoms with Gasteiger partial charge < -0.3 is 14.2 Å². The Kier molecular flexibility index (Phi) is 4.09. The predicted octanol–water partition coefficient (Wildman–Crippen LogP) is 3.80. The molecule has 0 aromatic heterocycles. The summed E-state index contributed by atoms with van der Waals surface area (Å²) in [6.45, 7) is 10.6. The van der Waals surface area contributed by atoms with Crippen molar-refractivity contribution in [3.8, 4) is 0 Å². The van der Waals surface area contributed by atoms with Crippen LogP contribution in [-0.4, -0.2) is 35.7 Å². The van der Waals surface area contributed by atoms with Crippen molar-refractivity contribution in [3.05, 3.63) is 12.3 Å². The van der Waals surface area contributed by atoms with Crippen molar-refractivity contribution < 1.29 is 23.8 Å². The molecule has 150 valence electrons. The van der Waals surface area contributed by atoms with Crippen molar-refractivity contribution in [1.82, 2.24) is 0 Å². The largest absolute Gasteiger partial charge is 0.498 e. The number of ketones is 1. The van der Waals surface area contributed by atoms with E-state index in [2.05, 4.69) is 20.8 Å². The van der Waals surface area contributed by atoms with E-state index in [1.807, 2.05) is 13.0 Å². The molecule has 3 fully saturated rings. The highest BCUT2D eigenvalue weighted by molar-refractivity contribution is 5.90. The second-order valence-electron chi connectivity index (χ2n) is 10.1. The molecular formula is C22H32O5. The molecule has 2 aliphatic heterocycles. The number of carbonyl (C=O) groups is 2. The Morgan fingerprint density at radius 3 is 2.56 bits per heavy atom. The lowest BCUT2D eigenvalue weighted by Gasteiger charge is -2.64.